The topological polar surface area (TPSA) is 58.9 Å². The van der Waals surface area contributed by atoms with Gasteiger partial charge >= 0.3 is 46.8 Å². The number of rotatable bonds is 2. The van der Waals surface area contributed by atoms with Gasteiger partial charge in [0, 0.05) is 14.2 Å². The third-order valence-corrected chi connectivity index (χ3v) is 1.60. The Kier molecular flexibility index (Phi) is 7.72. The van der Waals surface area contributed by atoms with E-state index in [2.05, 4.69) is 8.85 Å². The minimum atomic E-state index is -3.65. The zero-order valence-electron chi connectivity index (χ0n) is 4.21. The summed E-state index contributed by atoms with van der Waals surface area (Å²) in [4.78, 5) is 16.8. The van der Waals surface area contributed by atoms with Gasteiger partial charge in [-0.05, 0) is 0 Å². The van der Waals surface area contributed by atoms with Crippen molar-refractivity contribution in [2.75, 3.05) is 14.2 Å². The Bertz CT molecular complexity index is 52.0. The van der Waals surface area contributed by atoms with Gasteiger partial charge in [0.1, 0.15) is 0 Å². The van der Waals surface area contributed by atoms with Gasteiger partial charge in [-0.2, -0.15) is 0 Å². The van der Waals surface area contributed by atoms with Gasteiger partial charge in [0.2, 0.25) is 0 Å². The van der Waals surface area contributed by atoms with Crippen LogP contribution in [0.25, 0.3) is 0 Å². The molecule has 0 aliphatic carbocycles. The molecule has 2 N–H and O–H groups in total. The van der Waals surface area contributed by atoms with Crippen molar-refractivity contribution < 1.29 is 18.4 Å². The zero-order valence-corrected chi connectivity index (χ0v) is 5.21. The fraction of sp³-hybridized carbons (Fsp3) is 1.00. The van der Waals surface area contributed by atoms with Crippen LogP contribution in [0.4, 0.5) is 0 Å². The molecular weight excluding hydrogens is 156 g/mol. The summed E-state index contributed by atoms with van der Waals surface area (Å²) in [6.45, 7) is 0. The van der Waals surface area contributed by atoms with Crippen LogP contribution >= 0.6 is 0 Å². The molecule has 0 spiro atoms. The molecule has 0 atom stereocenters. The Morgan fingerprint density at radius 1 is 1.12 bits per heavy atom. The normalized spacial score (nSPS) is 10.5. The van der Waals surface area contributed by atoms with Crippen molar-refractivity contribution in [3.63, 3.8) is 0 Å². The van der Waals surface area contributed by atoms with Gasteiger partial charge in [-0.15, -0.1) is 0 Å². The van der Waals surface area contributed by atoms with Crippen LogP contribution in [0.15, 0.2) is 0 Å². The summed E-state index contributed by atoms with van der Waals surface area (Å²) in [6, 6.07) is 0. The van der Waals surface area contributed by atoms with E-state index in [4.69, 9.17) is 9.59 Å². The molecule has 0 aliphatic rings. The van der Waals surface area contributed by atoms with Crippen molar-refractivity contribution >= 4 is 46.8 Å². The molecule has 0 saturated heterocycles. The van der Waals surface area contributed by atoms with Crippen molar-refractivity contribution in [1.82, 2.24) is 0 Å². The number of hydrogen-bond acceptors (Lipinski definition) is 4. The molecule has 0 amide bonds. The van der Waals surface area contributed by atoms with E-state index in [1.165, 1.54) is 14.2 Å². The average molecular weight is 166 g/mol. The van der Waals surface area contributed by atoms with Gasteiger partial charge in [-0.25, -0.2) is 0 Å². The van der Waals surface area contributed by atoms with Crippen molar-refractivity contribution in [2.45, 2.75) is 0 Å². The first-order valence-electron chi connectivity index (χ1n) is 1.67. The summed E-state index contributed by atoms with van der Waals surface area (Å²) in [7, 11) is -1.30. The quantitative estimate of drug-likeness (QED) is 0.456. The van der Waals surface area contributed by atoms with Gasteiger partial charge in [0.25, 0.3) is 0 Å². The van der Waals surface area contributed by atoms with Crippen LogP contribution in [-0.4, -0.2) is 70.6 Å². The van der Waals surface area contributed by atoms with E-state index in [-0.39, 0.29) is 37.7 Å². The van der Waals surface area contributed by atoms with E-state index < -0.39 is 9.05 Å². The Labute approximate surface area is 78.9 Å². The van der Waals surface area contributed by atoms with Crippen LogP contribution in [-0.2, 0) is 8.85 Å². The second-order valence-electron chi connectivity index (χ2n) is 0.957. The molecule has 0 radical (unpaired) electrons. The van der Waals surface area contributed by atoms with Crippen LogP contribution in [0.2, 0.25) is 0 Å². The Morgan fingerprint density at radius 3 is 1.38 bits per heavy atom. The summed E-state index contributed by atoms with van der Waals surface area (Å²) in [5.41, 5.74) is 0. The Morgan fingerprint density at radius 2 is 1.38 bits per heavy atom. The molecule has 0 aromatic carbocycles. The third-order valence-electron chi connectivity index (χ3n) is 0.532. The molecule has 0 fully saturated rings. The van der Waals surface area contributed by atoms with E-state index in [9.17, 15) is 0 Å². The van der Waals surface area contributed by atoms with Crippen molar-refractivity contribution in [3.05, 3.63) is 0 Å². The molecule has 4 nitrogen and oxygen atoms in total. The minimum absolute atomic E-state index is 0. The molecule has 0 unspecified atom stereocenters. The van der Waals surface area contributed by atoms with Gasteiger partial charge in [0.05, 0.1) is 0 Å². The molecule has 6 heteroatoms. The first kappa shape index (κ1) is 12.0. The standard InChI is InChI=1S/C2H8O4Si.Ca.2H/c1-5-7(3,4)6-2;;;/h3-4H,1-2H3;;;. The van der Waals surface area contributed by atoms with Crippen molar-refractivity contribution in [1.29, 1.82) is 0 Å². The molecule has 0 rings (SSSR count). The predicted octanol–water partition coefficient (Wildman–Crippen LogP) is -2.22. The van der Waals surface area contributed by atoms with Crippen LogP contribution in [0.1, 0.15) is 0 Å². The molecule has 0 heterocycles. The number of hydrogen-bond donors (Lipinski definition) is 2. The molecule has 0 saturated carbocycles. The molecule has 0 aliphatic heterocycles. The van der Waals surface area contributed by atoms with E-state index in [0.717, 1.165) is 0 Å². The van der Waals surface area contributed by atoms with Gasteiger partial charge in [0.15, 0.2) is 0 Å². The monoisotopic (exact) mass is 166 g/mol. The predicted molar refractivity (Wildman–Crippen MR) is 32.8 cm³/mol. The van der Waals surface area contributed by atoms with E-state index >= 15 is 0 Å². The summed E-state index contributed by atoms with van der Waals surface area (Å²) in [5, 5.41) is 0. The molecule has 0 aromatic rings. The van der Waals surface area contributed by atoms with Gasteiger partial charge in [-0.3, -0.25) is 0 Å². The zero-order chi connectivity index (χ0) is 5.91. The first-order valence-corrected chi connectivity index (χ1v) is 3.38. The van der Waals surface area contributed by atoms with Crippen LogP contribution in [0.3, 0.4) is 0 Å². The summed E-state index contributed by atoms with van der Waals surface area (Å²) >= 11 is 0. The molecule has 8 heavy (non-hydrogen) atoms. The second-order valence-corrected chi connectivity index (χ2v) is 2.87. The van der Waals surface area contributed by atoms with Crippen LogP contribution in [0, 0.1) is 0 Å². The Balaban J connectivity index is 0. The van der Waals surface area contributed by atoms with Crippen LogP contribution in [0.5, 0.6) is 0 Å². The summed E-state index contributed by atoms with van der Waals surface area (Å²) in [6.07, 6.45) is 0. The first-order chi connectivity index (χ1) is 3.12. The van der Waals surface area contributed by atoms with E-state index in [1.54, 1.807) is 0 Å². The molecule has 0 aromatic heterocycles. The molecule has 48 valence electrons. The van der Waals surface area contributed by atoms with E-state index in [0.29, 0.717) is 0 Å². The maximum absolute atomic E-state index is 8.38. The van der Waals surface area contributed by atoms with Gasteiger partial charge in [-0.1, -0.05) is 0 Å². The summed E-state index contributed by atoms with van der Waals surface area (Å²) in [5.74, 6) is 0. The van der Waals surface area contributed by atoms with Crippen molar-refractivity contribution in [3.8, 4) is 0 Å². The molecule has 0 bridgehead atoms. The maximum atomic E-state index is 8.38. The second kappa shape index (κ2) is 5.13. The summed E-state index contributed by atoms with van der Waals surface area (Å²) < 4.78 is 8.23. The SMILES string of the molecule is CO[Si](O)(O)OC.[CaH2]. The van der Waals surface area contributed by atoms with Crippen LogP contribution < -0.4 is 0 Å². The van der Waals surface area contributed by atoms with Crippen molar-refractivity contribution in [2.24, 2.45) is 0 Å². The van der Waals surface area contributed by atoms with Gasteiger partial charge < -0.3 is 18.4 Å². The average Bonchev–Trinajstić information content (AvgIpc) is 1.68. The molecular formula is C2H10CaO4Si. The Hall–Kier alpha value is 1.32. The fourth-order valence-electron chi connectivity index (χ4n) is 0.0833. The third kappa shape index (κ3) is 5.45. The van der Waals surface area contributed by atoms with E-state index in [1.807, 2.05) is 0 Å². The fourth-order valence-corrected chi connectivity index (χ4v) is 0.250.